The van der Waals surface area contributed by atoms with E-state index in [1.165, 1.54) is 0 Å². The van der Waals surface area contributed by atoms with Crippen molar-refractivity contribution in [2.75, 3.05) is 6.61 Å². The average molecular weight is 188 g/mol. The van der Waals surface area contributed by atoms with Gasteiger partial charge in [-0.25, -0.2) is 0 Å². The fraction of sp³-hybridized carbons (Fsp3) is 0.182. The lowest BCUT2D eigenvalue weighted by Crippen LogP contribution is -1.93. The maximum absolute atomic E-state index is 5.47. The highest BCUT2D eigenvalue weighted by Crippen LogP contribution is 2.27. The van der Waals surface area contributed by atoms with E-state index in [-0.39, 0.29) is 0 Å². The van der Waals surface area contributed by atoms with Crippen molar-refractivity contribution in [3.63, 3.8) is 0 Å². The van der Waals surface area contributed by atoms with E-state index in [2.05, 4.69) is 15.9 Å². The van der Waals surface area contributed by atoms with Crippen LogP contribution in [0, 0.1) is 6.26 Å². The molecule has 3 nitrogen and oxygen atoms in total. The molecule has 0 unspecified atom stereocenters. The molecule has 0 atom stereocenters. The van der Waals surface area contributed by atoms with Crippen molar-refractivity contribution < 1.29 is 9.26 Å². The van der Waals surface area contributed by atoms with Crippen LogP contribution in [0.1, 0.15) is 6.92 Å². The highest BCUT2D eigenvalue weighted by atomic mass is 16.5. The molecule has 0 aliphatic heterocycles. The fourth-order valence-electron chi connectivity index (χ4n) is 1.27. The van der Waals surface area contributed by atoms with Gasteiger partial charge in [-0.15, -0.1) is 0 Å². The number of hydrogen-bond acceptors (Lipinski definition) is 3. The fourth-order valence-corrected chi connectivity index (χ4v) is 1.27. The molecule has 0 spiro atoms. The molecule has 0 fully saturated rings. The molecular formula is C11H10NO2. The third-order valence-electron chi connectivity index (χ3n) is 1.86. The van der Waals surface area contributed by atoms with Gasteiger partial charge in [0.15, 0.2) is 0 Å². The van der Waals surface area contributed by atoms with Crippen molar-refractivity contribution >= 4 is 0 Å². The molecular weight excluding hydrogens is 178 g/mol. The molecule has 0 aliphatic rings. The third kappa shape index (κ3) is 1.62. The average Bonchev–Trinajstić information content (AvgIpc) is 2.72. The zero-order valence-electron chi connectivity index (χ0n) is 7.86. The Bertz CT molecular complexity index is 395. The number of para-hydroxylation sites is 1. The van der Waals surface area contributed by atoms with E-state index in [1.54, 1.807) is 6.07 Å². The Labute approximate surface area is 82.3 Å². The molecule has 0 aliphatic carbocycles. The minimum atomic E-state index is 0.637. The predicted octanol–water partition coefficient (Wildman–Crippen LogP) is 2.54. The van der Waals surface area contributed by atoms with Gasteiger partial charge in [0.05, 0.1) is 6.61 Å². The second-order valence-corrected chi connectivity index (χ2v) is 2.76. The van der Waals surface area contributed by atoms with Gasteiger partial charge in [-0.2, -0.15) is 0 Å². The van der Waals surface area contributed by atoms with Crippen LogP contribution in [0.3, 0.4) is 0 Å². The first-order chi connectivity index (χ1) is 6.92. The van der Waals surface area contributed by atoms with Crippen LogP contribution in [-0.2, 0) is 0 Å². The Balaban J connectivity index is 2.42. The minimum absolute atomic E-state index is 0.637. The summed E-state index contributed by atoms with van der Waals surface area (Å²) in [6.45, 7) is 2.59. The minimum Gasteiger partial charge on any atom is -0.493 e. The quantitative estimate of drug-likeness (QED) is 0.742. The van der Waals surface area contributed by atoms with E-state index in [1.807, 2.05) is 31.2 Å². The summed E-state index contributed by atoms with van der Waals surface area (Å²) in [6, 6.07) is 9.41. The maximum Gasteiger partial charge on any atom is 0.205 e. The van der Waals surface area contributed by atoms with Crippen LogP contribution >= 0.6 is 0 Å². The molecule has 1 heterocycles. The molecule has 1 aromatic carbocycles. The molecule has 2 rings (SSSR count). The molecule has 2 aromatic rings. The smallest absolute Gasteiger partial charge is 0.205 e. The molecule has 0 saturated heterocycles. The molecule has 1 radical (unpaired) electrons. The first-order valence-electron chi connectivity index (χ1n) is 4.46. The summed E-state index contributed by atoms with van der Waals surface area (Å²) in [5.41, 5.74) is 1.67. The van der Waals surface area contributed by atoms with Gasteiger partial charge in [-0.1, -0.05) is 17.3 Å². The lowest BCUT2D eigenvalue weighted by molar-refractivity contribution is 0.341. The summed E-state index contributed by atoms with van der Waals surface area (Å²) >= 11 is 0. The van der Waals surface area contributed by atoms with E-state index in [9.17, 15) is 0 Å². The Kier molecular flexibility index (Phi) is 2.49. The number of ether oxygens (including phenoxy) is 1. The van der Waals surface area contributed by atoms with E-state index in [4.69, 9.17) is 4.74 Å². The van der Waals surface area contributed by atoms with E-state index >= 15 is 0 Å². The van der Waals surface area contributed by atoms with Crippen LogP contribution in [0.25, 0.3) is 11.3 Å². The Morgan fingerprint density at radius 2 is 2.29 bits per heavy atom. The van der Waals surface area contributed by atoms with Crippen molar-refractivity contribution in [2.45, 2.75) is 6.92 Å². The highest BCUT2D eigenvalue weighted by molar-refractivity contribution is 5.66. The van der Waals surface area contributed by atoms with Crippen molar-refractivity contribution in [2.24, 2.45) is 0 Å². The topological polar surface area (TPSA) is 35.3 Å². The number of hydrogen-bond donors (Lipinski definition) is 0. The summed E-state index contributed by atoms with van der Waals surface area (Å²) in [6.07, 6.45) is 2.56. The molecule has 1 aromatic heterocycles. The van der Waals surface area contributed by atoms with Crippen molar-refractivity contribution in [3.8, 4) is 17.0 Å². The molecule has 0 amide bonds. The van der Waals surface area contributed by atoms with Gasteiger partial charge in [-0.3, -0.25) is 0 Å². The first kappa shape index (κ1) is 8.81. The van der Waals surface area contributed by atoms with Crippen LogP contribution in [0.5, 0.6) is 5.75 Å². The zero-order chi connectivity index (χ0) is 9.80. The third-order valence-corrected chi connectivity index (χ3v) is 1.86. The van der Waals surface area contributed by atoms with Crippen LogP contribution in [0.15, 0.2) is 34.9 Å². The molecule has 0 N–H and O–H groups in total. The number of aromatic nitrogens is 1. The van der Waals surface area contributed by atoms with Gasteiger partial charge in [-0.05, 0) is 19.1 Å². The van der Waals surface area contributed by atoms with Gasteiger partial charge in [0.1, 0.15) is 11.4 Å². The molecule has 3 heteroatoms. The van der Waals surface area contributed by atoms with Crippen LogP contribution in [0.2, 0.25) is 0 Å². The Morgan fingerprint density at radius 1 is 1.43 bits per heavy atom. The van der Waals surface area contributed by atoms with Crippen molar-refractivity contribution in [1.82, 2.24) is 5.16 Å². The van der Waals surface area contributed by atoms with Crippen molar-refractivity contribution in [3.05, 3.63) is 36.6 Å². The standard InChI is InChI=1S/C11H10NO2/c1-2-13-11-6-4-3-5-9(11)10-7-8-14-12-10/h3-7H,2H2,1H3. The van der Waals surface area contributed by atoms with Crippen molar-refractivity contribution in [1.29, 1.82) is 0 Å². The number of nitrogens with zero attached hydrogens (tertiary/aromatic N) is 1. The highest BCUT2D eigenvalue weighted by Gasteiger charge is 2.07. The second-order valence-electron chi connectivity index (χ2n) is 2.76. The van der Waals surface area contributed by atoms with Gasteiger partial charge in [0.2, 0.25) is 6.26 Å². The van der Waals surface area contributed by atoms with Crippen LogP contribution in [0.4, 0.5) is 0 Å². The van der Waals surface area contributed by atoms with Gasteiger partial charge < -0.3 is 9.26 Å². The zero-order valence-corrected chi connectivity index (χ0v) is 7.86. The van der Waals surface area contributed by atoms with Gasteiger partial charge >= 0.3 is 0 Å². The summed E-state index contributed by atoms with van der Waals surface area (Å²) in [4.78, 5) is 0. The SMILES string of the molecule is CCOc1ccccc1-c1c[c]on1. The largest absolute Gasteiger partial charge is 0.493 e. The monoisotopic (exact) mass is 188 g/mol. The van der Waals surface area contributed by atoms with Crippen LogP contribution in [-0.4, -0.2) is 11.8 Å². The number of rotatable bonds is 3. The lowest BCUT2D eigenvalue weighted by Gasteiger charge is -2.06. The number of benzene rings is 1. The van der Waals surface area contributed by atoms with E-state index in [0.717, 1.165) is 17.0 Å². The normalized spacial score (nSPS) is 10.1. The summed E-state index contributed by atoms with van der Waals surface area (Å²) in [7, 11) is 0. The Morgan fingerprint density at radius 3 is 3.00 bits per heavy atom. The van der Waals surface area contributed by atoms with Gasteiger partial charge in [0.25, 0.3) is 0 Å². The lowest BCUT2D eigenvalue weighted by atomic mass is 10.1. The summed E-state index contributed by atoms with van der Waals surface area (Å²) < 4.78 is 10.1. The maximum atomic E-state index is 5.47. The van der Waals surface area contributed by atoms with E-state index in [0.29, 0.717) is 6.61 Å². The molecule has 0 bridgehead atoms. The van der Waals surface area contributed by atoms with E-state index < -0.39 is 0 Å². The summed E-state index contributed by atoms with van der Waals surface area (Å²) in [5, 5.41) is 3.82. The predicted molar refractivity (Wildman–Crippen MR) is 51.9 cm³/mol. The molecule has 71 valence electrons. The Hall–Kier alpha value is -1.77. The first-order valence-corrected chi connectivity index (χ1v) is 4.46. The second kappa shape index (κ2) is 3.96. The molecule has 14 heavy (non-hydrogen) atoms. The van der Waals surface area contributed by atoms with Crippen LogP contribution < -0.4 is 4.74 Å². The summed E-state index contributed by atoms with van der Waals surface area (Å²) in [5.74, 6) is 0.817. The molecule has 0 saturated carbocycles. The van der Waals surface area contributed by atoms with Gasteiger partial charge in [0, 0.05) is 11.6 Å².